The molecule has 9 heteroatoms. The standard InChI is InChI=1S/C24H17BrN2O6/c1-31-21-11-5-7-16(22(21)32-14-15-6-4-8-17(12-15)27(29)30)13-20-24(28)33-23(26-20)18-9-2-3-10-19(18)25/h2-13H,14H2,1H3/b20-13-. The van der Waals surface area contributed by atoms with E-state index < -0.39 is 10.9 Å². The highest BCUT2D eigenvalue weighted by molar-refractivity contribution is 9.10. The molecule has 0 bridgehead atoms. The van der Waals surface area contributed by atoms with Crippen molar-refractivity contribution in [3.8, 4) is 11.5 Å². The van der Waals surface area contributed by atoms with Crippen molar-refractivity contribution in [2.45, 2.75) is 6.61 Å². The van der Waals surface area contributed by atoms with Crippen LogP contribution < -0.4 is 9.47 Å². The average Bonchev–Trinajstić information content (AvgIpc) is 3.18. The van der Waals surface area contributed by atoms with Crippen LogP contribution in [0.3, 0.4) is 0 Å². The average molecular weight is 509 g/mol. The highest BCUT2D eigenvalue weighted by Crippen LogP contribution is 2.34. The summed E-state index contributed by atoms with van der Waals surface area (Å²) in [5.74, 6) is 0.418. The predicted molar refractivity (Wildman–Crippen MR) is 125 cm³/mol. The lowest BCUT2D eigenvalue weighted by Crippen LogP contribution is -2.06. The number of rotatable bonds is 7. The number of ether oxygens (including phenoxy) is 3. The Balaban J connectivity index is 1.65. The van der Waals surface area contributed by atoms with Gasteiger partial charge in [0, 0.05) is 22.2 Å². The molecule has 0 saturated carbocycles. The Labute approximate surface area is 197 Å². The molecule has 0 radical (unpaired) electrons. The highest BCUT2D eigenvalue weighted by Gasteiger charge is 2.26. The summed E-state index contributed by atoms with van der Waals surface area (Å²) in [4.78, 5) is 27.4. The number of nitro groups is 1. The van der Waals surface area contributed by atoms with E-state index in [0.29, 0.717) is 28.2 Å². The zero-order valence-corrected chi connectivity index (χ0v) is 18.9. The molecule has 0 N–H and O–H groups in total. The molecule has 166 valence electrons. The van der Waals surface area contributed by atoms with E-state index in [-0.39, 0.29) is 23.9 Å². The Hall–Kier alpha value is -3.98. The third-order valence-electron chi connectivity index (χ3n) is 4.75. The van der Waals surface area contributed by atoms with Gasteiger partial charge in [-0.05, 0) is 45.8 Å². The summed E-state index contributed by atoms with van der Waals surface area (Å²) in [6, 6.07) is 18.7. The van der Waals surface area contributed by atoms with Crippen LogP contribution in [0.15, 0.2) is 81.9 Å². The molecule has 1 aliphatic heterocycles. The second-order valence-corrected chi connectivity index (χ2v) is 7.76. The molecule has 4 rings (SSSR count). The van der Waals surface area contributed by atoms with Gasteiger partial charge in [0.2, 0.25) is 5.90 Å². The maximum Gasteiger partial charge on any atom is 0.363 e. The van der Waals surface area contributed by atoms with Crippen LogP contribution in [-0.4, -0.2) is 23.9 Å². The van der Waals surface area contributed by atoms with Crippen molar-refractivity contribution < 1.29 is 23.9 Å². The Morgan fingerprint density at radius 3 is 2.67 bits per heavy atom. The molecule has 0 fully saturated rings. The quantitative estimate of drug-likeness (QED) is 0.186. The van der Waals surface area contributed by atoms with E-state index in [1.807, 2.05) is 18.2 Å². The fourth-order valence-electron chi connectivity index (χ4n) is 3.18. The number of methoxy groups -OCH3 is 1. The Morgan fingerprint density at radius 2 is 1.91 bits per heavy atom. The minimum absolute atomic E-state index is 0.0268. The monoisotopic (exact) mass is 508 g/mol. The van der Waals surface area contributed by atoms with Crippen LogP contribution in [0.4, 0.5) is 5.69 Å². The third-order valence-corrected chi connectivity index (χ3v) is 5.44. The van der Waals surface area contributed by atoms with Gasteiger partial charge in [-0.15, -0.1) is 0 Å². The number of aliphatic imine (C=N–C) groups is 1. The summed E-state index contributed by atoms with van der Waals surface area (Å²) in [6.45, 7) is 0.0636. The zero-order valence-electron chi connectivity index (χ0n) is 17.4. The normalized spacial score (nSPS) is 14.1. The fourth-order valence-corrected chi connectivity index (χ4v) is 3.64. The van der Waals surface area contributed by atoms with Gasteiger partial charge >= 0.3 is 5.97 Å². The summed E-state index contributed by atoms with van der Waals surface area (Å²) in [6.07, 6.45) is 1.55. The molecule has 0 aromatic heterocycles. The molecule has 0 spiro atoms. The number of nitro benzene ring substituents is 1. The minimum Gasteiger partial charge on any atom is -0.493 e. The van der Waals surface area contributed by atoms with Crippen molar-refractivity contribution in [1.29, 1.82) is 0 Å². The minimum atomic E-state index is -0.590. The Bertz CT molecular complexity index is 1300. The first-order valence-corrected chi connectivity index (χ1v) is 10.6. The second-order valence-electron chi connectivity index (χ2n) is 6.91. The van der Waals surface area contributed by atoms with Crippen molar-refractivity contribution in [3.05, 3.63) is 104 Å². The second kappa shape index (κ2) is 9.66. The molecule has 1 heterocycles. The van der Waals surface area contributed by atoms with Crippen LogP contribution in [0.5, 0.6) is 11.5 Å². The molecule has 1 aliphatic rings. The smallest absolute Gasteiger partial charge is 0.363 e. The van der Waals surface area contributed by atoms with E-state index in [1.54, 1.807) is 42.5 Å². The molecule has 3 aromatic rings. The third kappa shape index (κ3) is 4.93. The maximum atomic E-state index is 12.5. The van der Waals surface area contributed by atoms with E-state index in [9.17, 15) is 14.9 Å². The van der Waals surface area contributed by atoms with Gasteiger partial charge in [-0.25, -0.2) is 9.79 Å². The lowest BCUT2D eigenvalue weighted by Gasteiger charge is -2.13. The highest BCUT2D eigenvalue weighted by atomic mass is 79.9. The predicted octanol–water partition coefficient (Wildman–Crippen LogP) is 5.29. The number of hydrogen-bond donors (Lipinski definition) is 0. The van der Waals surface area contributed by atoms with Gasteiger partial charge in [-0.2, -0.15) is 0 Å². The number of para-hydroxylation sites is 1. The fraction of sp³-hybridized carbons (Fsp3) is 0.0833. The van der Waals surface area contributed by atoms with Gasteiger partial charge in [0.15, 0.2) is 17.2 Å². The SMILES string of the molecule is COc1cccc(/C=C2\N=C(c3ccccc3Br)OC2=O)c1OCc1cccc([N+](=O)[O-])c1. The number of benzene rings is 3. The van der Waals surface area contributed by atoms with Crippen molar-refractivity contribution in [2.24, 2.45) is 4.99 Å². The van der Waals surface area contributed by atoms with Crippen molar-refractivity contribution in [2.75, 3.05) is 7.11 Å². The van der Waals surface area contributed by atoms with Crippen LogP contribution in [0.1, 0.15) is 16.7 Å². The van der Waals surface area contributed by atoms with Crippen LogP contribution in [0.2, 0.25) is 0 Å². The number of esters is 1. The van der Waals surface area contributed by atoms with Crippen molar-refractivity contribution >= 4 is 39.6 Å². The Kier molecular flexibility index (Phi) is 6.50. The van der Waals surface area contributed by atoms with Gasteiger partial charge in [-0.3, -0.25) is 10.1 Å². The van der Waals surface area contributed by atoms with Crippen molar-refractivity contribution in [3.63, 3.8) is 0 Å². The van der Waals surface area contributed by atoms with Gasteiger partial charge < -0.3 is 14.2 Å². The molecule has 0 unspecified atom stereocenters. The number of hydrogen-bond acceptors (Lipinski definition) is 7. The number of halogens is 1. The largest absolute Gasteiger partial charge is 0.493 e. The van der Waals surface area contributed by atoms with Crippen molar-refractivity contribution in [1.82, 2.24) is 0 Å². The molecular formula is C24H17BrN2O6. The summed E-state index contributed by atoms with van der Waals surface area (Å²) >= 11 is 3.43. The van der Waals surface area contributed by atoms with E-state index in [2.05, 4.69) is 20.9 Å². The molecule has 0 atom stereocenters. The lowest BCUT2D eigenvalue weighted by molar-refractivity contribution is -0.384. The molecule has 0 aliphatic carbocycles. The summed E-state index contributed by atoms with van der Waals surface area (Å²) in [5, 5.41) is 11.0. The lowest BCUT2D eigenvalue weighted by atomic mass is 10.1. The van der Waals surface area contributed by atoms with Gasteiger partial charge in [0.1, 0.15) is 6.61 Å². The topological polar surface area (TPSA) is 100 Å². The van der Waals surface area contributed by atoms with Crippen LogP contribution in [0.25, 0.3) is 6.08 Å². The first kappa shape index (κ1) is 22.2. The number of non-ortho nitro benzene ring substituents is 1. The van der Waals surface area contributed by atoms with Gasteiger partial charge in [-0.1, -0.05) is 36.4 Å². The summed E-state index contributed by atoms with van der Waals surface area (Å²) in [5.41, 5.74) is 1.89. The molecule has 33 heavy (non-hydrogen) atoms. The maximum absolute atomic E-state index is 12.5. The summed E-state index contributed by atoms with van der Waals surface area (Å²) in [7, 11) is 1.50. The molecule has 0 amide bonds. The molecule has 3 aromatic carbocycles. The first-order valence-electron chi connectivity index (χ1n) is 9.77. The number of nitrogens with zero attached hydrogens (tertiary/aromatic N) is 2. The van der Waals surface area contributed by atoms with Crippen LogP contribution in [-0.2, 0) is 16.1 Å². The number of carbonyl (C=O) groups excluding carboxylic acids is 1. The molecular weight excluding hydrogens is 492 g/mol. The first-order chi connectivity index (χ1) is 16.0. The Morgan fingerprint density at radius 1 is 1.12 bits per heavy atom. The zero-order chi connectivity index (χ0) is 23.4. The van der Waals surface area contributed by atoms with E-state index in [0.717, 1.165) is 4.47 Å². The number of carbonyl (C=O) groups is 1. The van der Waals surface area contributed by atoms with E-state index in [1.165, 1.54) is 19.2 Å². The van der Waals surface area contributed by atoms with E-state index >= 15 is 0 Å². The number of cyclic esters (lactones) is 1. The van der Waals surface area contributed by atoms with Gasteiger partial charge in [0.25, 0.3) is 5.69 Å². The van der Waals surface area contributed by atoms with E-state index in [4.69, 9.17) is 14.2 Å². The molecule has 8 nitrogen and oxygen atoms in total. The van der Waals surface area contributed by atoms with Crippen LogP contribution in [0, 0.1) is 10.1 Å². The van der Waals surface area contributed by atoms with Crippen LogP contribution >= 0.6 is 15.9 Å². The summed E-state index contributed by atoms with van der Waals surface area (Å²) < 4.78 is 17.5. The molecule has 0 saturated heterocycles. The van der Waals surface area contributed by atoms with Gasteiger partial charge in [0.05, 0.1) is 17.6 Å².